The van der Waals surface area contributed by atoms with Crippen LogP contribution in [0.15, 0.2) is 24.5 Å². The fraction of sp³-hybridized carbons (Fsp3) is 0.462. The minimum Gasteiger partial charge on any atom is -0.396 e. The van der Waals surface area contributed by atoms with Crippen molar-refractivity contribution in [2.24, 2.45) is 5.92 Å². The average molecular weight is 244 g/mol. The molecule has 2 aromatic rings. The van der Waals surface area contributed by atoms with Gasteiger partial charge in [-0.25, -0.2) is 9.97 Å². The molecule has 0 saturated carbocycles. The largest absolute Gasteiger partial charge is 0.396 e. The number of nitrogens with zero attached hydrogens (tertiary/aromatic N) is 4. The van der Waals surface area contributed by atoms with Gasteiger partial charge in [-0.15, -0.1) is 0 Å². The summed E-state index contributed by atoms with van der Waals surface area (Å²) >= 11 is 0. The maximum atomic E-state index is 9.14. The molecule has 18 heavy (non-hydrogen) atoms. The lowest BCUT2D eigenvalue weighted by Gasteiger charge is -2.31. The van der Waals surface area contributed by atoms with E-state index in [0.717, 1.165) is 37.3 Å². The summed E-state index contributed by atoms with van der Waals surface area (Å²) in [7, 11) is 0. The summed E-state index contributed by atoms with van der Waals surface area (Å²) in [5.74, 6) is 1.40. The second-order valence-corrected chi connectivity index (χ2v) is 4.68. The number of pyridine rings is 1. The fourth-order valence-electron chi connectivity index (χ4n) is 2.37. The van der Waals surface area contributed by atoms with Crippen molar-refractivity contribution in [2.75, 3.05) is 24.6 Å². The summed E-state index contributed by atoms with van der Waals surface area (Å²) in [6, 6.07) is 3.96. The first-order valence-corrected chi connectivity index (χ1v) is 6.30. The van der Waals surface area contributed by atoms with E-state index in [4.69, 9.17) is 5.11 Å². The topological polar surface area (TPSA) is 62.1 Å². The minimum absolute atomic E-state index is 0.296. The first-order chi connectivity index (χ1) is 8.86. The summed E-state index contributed by atoms with van der Waals surface area (Å²) in [4.78, 5) is 15.2. The molecule has 0 radical (unpaired) electrons. The number of fused-ring (bicyclic) bond motifs is 1. The van der Waals surface area contributed by atoms with Crippen molar-refractivity contribution in [1.29, 1.82) is 0 Å². The van der Waals surface area contributed by atoms with E-state index in [1.165, 1.54) is 0 Å². The Morgan fingerprint density at radius 3 is 2.72 bits per heavy atom. The van der Waals surface area contributed by atoms with Crippen LogP contribution in [0, 0.1) is 5.92 Å². The molecule has 0 aromatic carbocycles. The molecule has 1 aliphatic heterocycles. The number of rotatable bonds is 2. The zero-order valence-corrected chi connectivity index (χ0v) is 10.2. The van der Waals surface area contributed by atoms with Gasteiger partial charge in [0, 0.05) is 32.1 Å². The standard InChI is InChI=1S/C13H16N4O/c18-9-10-3-7-17(8-4-10)12-2-1-11-13(16-12)15-6-5-14-11/h1-2,5-6,10,18H,3-4,7-9H2. The van der Waals surface area contributed by atoms with Gasteiger partial charge in [0.15, 0.2) is 5.65 Å². The molecule has 1 fully saturated rings. The first kappa shape index (κ1) is 11.3. The van der Waals surface area contributed by atoms with E-state index < -0.39 is 0 Å². The van der Waals surface area contributed by atoms with Crippen molar-refractivity contribution in [3.05, 3.63) is 24.5 Å². The molecule has 5 heteroatoms. The molecular weight excluding hydrogens is 228 g/mol. The van der Waals surface area contributed by atoms with E-state index >= 15 is 0 Å². The van der Waals surface area contributed by atoms with Gasteiger partial charge in [-0.2, -0.15) is 0 Å². The Morgan fingerprint density at radius 1 is 1.17 bits per heavy atom. The molecule has 0 spiro atoms. The average Bonchev–Trinajstić information content (AvgIpc) is 2.47. The summed E-state index contributed by atoms with van der Waals surface area (Å²) in [5, 5.41) is 9.14. The Bertz CT molecular complexity index is 537. The molecule has 0 atom stereocenters. The van der Waals surface area contributed by atoms with Crippen LogP contribution in [0.25, 0.3) is 11.2 Å². The smallest absolute Gasteiger partial charge is 0.180 e. The van der Waals surface area contributed by atoms with Crippen LogP contribution < -0.4 is 4.90 Å². The van der Waals surface area contributed by atoms with E-state index in [-0.39, 0.29) is 0 Å². The van der Waals surface area contributed by atoms with Crippen molar-refractivity contribution in [3.63, 3.8) is 0 Å². The van der Waals surface area contributed by atoms with Crippen LogP contribution in [-0.2, 0) is 0 Å². The Labute approximate surface area is 106 Å². The summed E-state index contributed by atoms with van der Waals surface area (Å²) < 4.78 is 0. The quantitative estimate of drug-likeness (QED) is 0.861. The van der Waals surface area contributed by atoms with Crippen molar-refractivity contribution in [3.8, 4) is 0 Å². The highest BCUT2D eigenvalue weighted by Gasteiger charge is 2.19. The number of piperidine rings is 1. The highest BCUT2D eigenvalue weighted by molar-refractivity contribution is 5.71. The third-order valence-electron chi connectivity index (χ3n) is 3.51. The molecule has 94 valence electrons. The van der Waals surface area contributed by atoms with Gasteiger partial charge in [0.2, 0.25) is 0 Å². The van der Waals surface area contributed by atoms with Crippen LogP contribution in [0.2, 0.25) is 0 Å². The van der Waals surface area contributed by atoms with E-state index in [1.807, 2.05) is 12.1 Å². The van der Waals surface area contributed by atoms with Gasteiger partial charge in [-0.3, -0.25) is 4.98 Å². The van der Waals surface area contributed by atoms with E-state index in [0.29, 0.717) is 18.2 Å². The molecule has 0 unspecified atom stereocenters. The van der Waals surface area contributed by atoms with Crippen LogP contribution in [0.3, 0.4) is 0 Å². The maximum Gasteiger partial charge on any atom is 0.180 e. The van der Waals surface area contributed by atoms with Crippen LogP contribution in [0.5, 0.6) is 0 Å². The number of aliphatic hydroxyl groups excluding tert-OH is 1. The molecule has 3 heterocycles. The Balaban J connectivity index is 1.82. The van der Waals surface area contributed by atoms with Gasteiger partial charge in [-0.05, 0) is 30.9 Å². The van der Waals surface area contributed by atoms with Gasteiger partial charge < -0.3 is 10.0 Å². The lowest BCUT2D eigenvalue weighted by atomic mass is 9.98. The lowest BCUT2D eigenvalue weighted by Crippen LogP contribution is -2.35. The van der Waals surface area contributed by atoms with Crippen LogP contribution >= 0.6 is 0 Å². The van der Waals surface area contributed by atoms with Crippen molar-refractivity contribution in [1.82, 2.24) is 15.0 Å². The second kappa shape index (κ2) is 4.86. The molecule has 0 bridgehead atoms. The Hall–Kier alpha value is -1.75. The third-order valence-corrected chi connectivity index (χ3v) is 3.51. The monoisotopic (exact) mass is 244 g/mol. The molecule has 0 amide bonds. The molecule has 0 aliphatic carbocycles. The maximum absolute atomic E-state index is 9.14. The van der Waals surface area contributed by atoms with Crippen molar-refractivity contribution < 1.29 is 5.11 Å². The normalized spacial score (nSPS) is 17.3. The highest BCUT2D eigenvalue weighted by Crippen LogP contribution is 2.22. The Kier molecular flexibility index (Phi) is 3.06. The van der Waals surface area contributed by atoms with Crippen LogP contribution in [0.4, 0.5) is 5.82 Å². The predicted octanol–water partition coefficient (Wildman–Crippen LogP) is 1.23. The van der Waals surface area contributed by atoms with Gasteiger partial charge >= 0.3 is 0 Å². The zero-order chi connectivity index (χ0) is 12.4. The number of hydrogen-bond donors (Lipinski definition) is 1. The van der Waals surface area contributed by atoms with Crippen LogP contribution in [0.1, 0.15) is 12.8 Å². The predicted molar refractivity (Wildman–Crippen MR) is 69.4 cm³/mol. The number of anilines is 1. The van der Waals surface area contributed by atoms with Gasteiger partial charge in [0.25, 0.3) is 0 Å². The molecule has 1 aliphatic rings. The van der Waals surface area contributed by atoms with Crippen molar-refractivity contribution >= 4 is 17.0 Å². The SMILES string of the molecule is OCC1CCN(c2ccc3nccnc3n2)CC1. The molecular formula is C13H16N4O. The number of aromatic nitrogens is 3. The molecule has 2 aromatic heterocycles. The molecule has 1 saturated heterocycles. The van der Waals surface area contributed by atoms with E-state index in [2.05, 4.69) is 19.9 Å². The molecule has 1 N–H and O–H groups in total. The summed E-state index contributed by atoms with van der Waals surface area (Å²) in [5.41, 5.74) is 1.52. The van der Waals surface area contributed by atoms with Crippen molar-refractivity contribution in [2.45, 2.75) is 12.8 Å². The lowest BCUT2D eigenvalue weighted by molar-refractivity contribution is 0.203. The first-order valence-electron chi connectivity index (χ1n) is 6.30. The summed E-state index contributed by atoms with van der Waals surface area (Å²) in [6.45, 7) is 2.19. The number of aliphatic hydroxyl groups is 1. The zero-order valence-electron chi connectivity index (χ0n) is 10.2. The number of hydrogen-bond acceptors (Lipinski definition) is 5. The highest BCUT2D eigenvalue weighted by atomic mass is 16.3. The second-order valence-electron chi connectivity index (χ2n) is 4.68. The molecule has 5 nitrogen and oxygen atoms in total. The van der Waals surface area contributed by atoms with Gasteiger partial charge in [-0.1, -0.05) is 0 Å². The van der Waals surface area contributed by atoms with E-state index in [9.17, 15) is 0 Å². The molecule has 3 rings (SSSR count). The van der Waals surface area contributed by atoms with E-state index in [1.54, 1.807) is 12.4 Å². The Morgan fingerprint density at radius 2 is 1.94 bits per heavy atom. The van der Waals surface area contributed by atoms with Gasteiger partial charge in [0.05, 0.1) is 0 Å². The summed E-state index contributed by atoms with van der Waals surface area (Å²) in [6.07, 6.45) is 5.39. The van der Waals surface area contributed by atoms with Crippen LogP contribution in [-0.4, -0.2) is 39.8 Å². The third kappa shape index (κ3) is 2.13. The van der Waals surface area contributed by atoms with Gasteiger partial charge in [0.1, 0.15) is 11.3 Å². The minimum atomic E-state index is 0.296. The fourth-order valence-corrected chi connectivity index (χ4v) is 2.37.